The molecule has 0 aromatic rings. The summed E-state index contributed by atoms with van der Waals surface area (Å²) >= 11 is 0. The first-order chi connectivity index (χ1) is 25.2. The van der Waals surface area contributed by atoms with Crippen LogP contribution in [0.2, 0.25) is 0 Å². The third kappa shape index (κ3) is 10.2. The lowest BCUT2D eigenvalue weighted by atomic mass is 9.36. The van der Waals surface area contributed by atoms with Gasteiger partial charge in [-0.1, -0.05) is 130 Å². The van der Waals surface area contributed by atoms with Crippen molar-refractivity contribution in [2.75, 3.05) is 6.61 Å². The Labute approximate surface area is 324 Å². The average molecular weight is 741 g/mol. The van der Waals surface area contributed by atoms with E-state index >= 15 is 0 Å². The average Bonchev–Trinajstić information content (AvgIpc) is 3.37. The van der Waals surface area contributed by atoms with Crippen molar-refractivity contribution >= 4 is 11.9 Å². The number of rotatable bonds is 20. The summed E-state index contributed by atoms with van der Waals surface area (Å²) in [6, 6.07) is 0. The second kappa shape index (κ2) is 20.0. The molecule has 0 aromatic carbocycles. The number of allylic oxidation sites excluding steroid dienone is 2. The number of aliphatic hydroxyl groups is 2. The van der Waals surface area contributed by atoms with Crippen LogP contribution < -0.4 is 0 Å². The first-order valence-corrected chi connectivity index (χ1v) is 22.3. The van der Waals surface area contributed by atoms with Gasteiger partial charge in [0.15, 0.2) is 0 Å². The van der Waals surface area contributed by atoms with Gasteiger partial charge in [-0.05, 0) is 117 Å². The van der Waals surface area contributed by atoms with Gasteiger partial charge < -0.3 is 19.7 Å². The molecule has 53 heavy (non-hydrogen) atoms. The highest BCUT2D eigenvalue weighted by Gasteiger charge is 2.70. The van der Waals surface area contributed by atoms with Crippen molar-refractivity contribution in [3.05, 3.63) is 22.8 Å². The van der Waals surface area contributed by atoms with Crippen molar-refractivity contribution in [1.82, 2.24) is 0 Å². The number of esters is 2. The molecule has 6 heteroatoms. The maximum Gasteiger partial charge on any atom is 0.334 e. The van der Waals surface area contributed by atoms with E-state index in [1.807, 2.05) is 0 Å². The third-order valence-corrected chi connectivity index (χ3v) is 15.3. The van der Waals surface area contributed by atoms with Crippen molar-refractivity contribution in [2.24, 2.45) is 39.9 Å². The monoisotopic (exact) mass is 741 g/mol. The third-order valence-electron chi connectivity index (χ3n) is 15.3. The molecule has 0 spiro atoms. The quantitative estimate of drug-likeness (QED) is 0.0559. The molecular weight excluding hydrogens is 661 g/mol. The molecule has 0 unspecified atom stereocenters. The topological polar surface area (TPSA) is 93.1 Å². The molecule has 304 valence electrons. The maximum atomic E-state index is 14.2. The van der Waals surface area contributed by atoms with Crippen molar-refractivity contribution in [1.29, 1.82) is 0 Å². The molecule has 4 fully saturated rings. The largest absolute Gasteiger partial charge is 0.462 e. The molecule has 0 aromatic heterocycles. The van der Waals surface area contributed by atoms with Crippen LogP contribution in [0, 0.1) is 39.9 Å². The zero-order chi connectivity index (χ0) is 38.8. The van der Waals surface area contributed by atoms with Gasteiger partial charge in [-0.25, -0.2) is 4.79 Å². The first-order valence-electron chi connectivity index (χ1n) is 22.3. The van der Waals surface area contributed by atoms with Crippen LogP contribution in [-0.4, -0.2) is 47.1 Å². The number of hydrogen-bond donors (Lipinski definition) is 2. The zero-order valence-corrected chi connectivity index (χ0v) is 35.4. The minimum absolute atomic E-state index is 0.0728. The molecule has 4 rings (SSSR count). The minimum Gasteiger partial charge on any atom is -0.462 e. The molecular formula is C47H80O6. The van der Waals surface area contributed by atoms with Gasteiger partial charge in [0.1, 0.15) is 6.10 Å². The van der Waals surface area contributed by atoms with Crippen LogP contribution >= 0.6 is 0 Å². The Morgan fingerprint density at radius 3 is 1.94 bits per heavy atom. The van der Waals surface area contributed by atoms with E-state index < -0.39 is 12.2 Å². The highest BCUT2D eigenvalue weighted by atomic mass is 16.5. The lowest BCUT2D eigenvalue weighted by molar-refractivity contribution is -0.234. The molecule has 0 heterocycles. The highest BCUT2D eigenvalue weighted by Crippen LogP contribution is 2.74. The Hall–Kier alpha value is -1.66. The van der Waals surface area contributed by atoms with E-state index in [4.69, 9.17) is 9.47 Å². The Balaban J connectivity index is 1.45. The van der Waals surface area contributed by atoms with E-state index in [0.717, 1.165) is 44.1 Å². The summed E-state index contributed by atoms with van der Waals surface area (Å²) in [5, 5.41) is 23.1. The summed E-state index contributed by atoms with van der Waals surface area (Å²) < 4.78 is 12.2. The van der Waals surface area contributed by atoms with E-state index in [0.29, 0.717) is 43.8 Å². The minimum atomic E-state index is -0.537. The zero-order valence-electron chi connectivity index (χ0n) is 35.4. The predicted molar refractivity (Wildman–Crippen MR) is 216 cm³/mol. The van der Waals surface area contributed by atoms with Gasteiger partial charge in [-0.15, -0.1) is 0 Å². The summed E-state index contributed by atoms with van der Waals surface area (Å²) in [5.41, 5.74) is 2.22. The summed E-state index contributed by atoms with van der Waals surface area (Å²) in [4.78, 5) is 26.8. The van der Waals surface area contributed by atoms with Crippen molar-refractivity contribution in [2.45, 2.75) is 215 Å². The van der Waals surface area contributed by atoms with Crippen LogP contribution in [0.5, 0.6) is 0 Å². The van der Waals surface area contributed by atoms with Gasteiger partial charge >= 0.3 is 11.9 Å². The van der Waals surface area contributed by atoms with Crippen LogP contribution in [0.25, 0.3) is 0 Å². The molecule has 0 aliphatic heterocycles. The summed E-state index contributed by atoms with van der Waals surface area (Å²) in [7, 11) is 0. The standard InChI is InChI=1S/C47H80O6/c1-9-10-11-12-13-14-15-16-17-18-19-20-21-22-30-52-44(51)36(25-23-24-33(2)3)42-38-31-40(50)43-45(6)28-27-39(49)34(4)37(45)26-29-46(43,7)47(38,8)32-41(42)53-35(5)48/h24,34,37-41,43,49-50H,9-23,25-32H2,1-8H3/b42-36-/t34-,37-,38-,39+,40+,41-,43-,45-,46-,47-/m0/s1. The number of ether oxygens (including phenoxy) is 2. The van der Waals surface area contributed by atoms with E-state index in [1.54, 1.807) is 0 Å². The molecule has 0 amide bonds. The highest BCUT2D eigenvalue weighted by molar-refractivity contribution is 5.90. The van der Waals surface area contributed by atoms with Gasteiger partial charge in [0.25, 0.3) is 0 Å². The van der Waals surface area contributed by atoms with Gasteiger partial charge in [0.2, 0.25) is 0 Å². The van der Waals surface area contributed by atoms with E-state index in [1.165, 1.54) is 89.5 Å². The fourth-order valence-corrected chi connectivity index (χ4v) is 12.3. The fourth-order valence-electron chi connectivity index (χ4n) is 12.3. The Morgan fingerprint density at radius 1 is 0.792 bits per heavy atom. The number of fused-ring (bicyclic) bond motifs is 5. The smallest absolute Gasteiger partial charge is 0.334 e. The Kier molecular flexibility index (Phi) is 16.6. The lowest BCUT2D eigenvalue weighted by Crippen LogP contribution is -2.65. The molecule has 0 radical (unpaired) electrons. The summed E-state index contributed by atoms with van der Waals surface area (Å²) in [6.07, 6.45) is 24.9. The van der Waals surface area contributed by atoms with Crippen LogP contribution in [0.3, 0.4) is 0 Å². The van der Waals surface area contributed by atoms with Gasteiger partial charge in [-0.3, -0.25) is 4.79 Å². The second-order valence-corrected chi connectivity index (χ2v) is 19.1. The van der Waals surface area contributed by atoms with Crippen molar-refractivity contribution in [3.63, 3.8) is 0 Å². The molecule has 10 atom stereocenters. The molecule has 6 nitrogen and oxygen atoms in total. The van der Waals surface area contributed by atoms with Crippen LogP contribution in [0.1, 0.15) is 197 Å². The van der Waals surface area contributed by atoms with E-state index in [-0.39, 0.29) is 52.0 Å². The fraction of sp³-hybridized carbons (Fsp3) is 0.872. The number of hydrogen-bond acceptors (Lipinski definition) is 6. The number of carbonyl (C=O) groups is 2. The SMILES string of the molecule is CCCCCCCCCCCCCCCCOC(=O)/C(CCC=C(C)C)=C1\[C@@H](OC(C)=O)C[C@@]2(C)[C@H]1C[C@@H](O)[C@H]1[C@@]3(C)CC[C@@H](O)[C@@H](C)[C@@H]3CC[C@@]12C. The van der Waals surface area contributed by atoms with E-state index in [2.05, 4.69) is 54.5 Å². The normalized spacial score (nSPS) is 35.8. The number of aliphatic hydroxyl groups excluding tert-OH is 2. The Bertz CT molecular complexity index is 1250. The van der Waals surface area contributed by atoms with Gasteiger partial charge in [-0.2, -0.15) is 0 Å². The summed E-state index contributed by atoms with van der Waals surface area (Å²) in [5.74, 6) is -0.0360. The molecule has 0 saturated heterocycles. The number of unbranched alkanes of at least 4 members (excludes halogenated alkanes) is 13. The molecule has 4 aliphatic carbocycles. The van der Waals surface area contributed by atoms with Crippen LogP contribution in [-0.2, 0) is 19.1 Å². The maximum absolute atomic E-state index is 14.2. The lowest BCUT2D eigenvalue weighted by Gasteiger charge is -2.69. The van der Waals surface area contributed by atoms with Crippen molar-refractivity contribution in [3.8, 4) is 0 Å². The first kappa shape index (κ1) is 44.1. The summed E-state index contributed by atoms with van der Waals surface area (Å²) in [6.45, 7) is 17.6. The van der Waals surface area contributed by atoms with E-state index in [9.17, 15) is 19.8 Å². The molecule has 4 aliphatic rings. The Morgan fingerprint density at radius 2 is 1.38 bits per heavy atom. The van der Waals surface area contributed by atoms with Crippen LogP contribution in [0.15, 0.2) is 22.8 Å². The number of carbonyl (C=O) groups excluding carboxylic acids is 2. The van der Waals surface area contributed by atoms with Crippen molar-refractivity contribution < 1.29 is 29.3 Å². The molecule has 2 N–H and O–H groups in total. The second-order valence-electron chi connectivity index (χ2n) is 19.1. The molecule has 0 bridgehead atoms. The van der Waals surface area contributed by atoms with Gasteiger partial charge in [0.05, 0.1) is 18.8 Å². The van der Waals surface area contributed by atoms with Crippen LogP contribution in [0.4, 0.5) is 0 Å². The predicted octanol–water partition coefficient (Wildman–Crippen LogP) is 11.6. The molecule has 4 saturated carbocycles. The van der Waals surface area contributed by atoms with Gasteiger partial charge in [0, 0.05) is 12.5 Å².